The zero-order chi connectivity index (χ0) is 13.0. The zero-order valence-electron chi connectivity index (χ0n) is 8.97. The van der Waals surface area contributed by atoms with Gasteiger partial charge in [0.1, 0.15) is 12.7 Å². The van der Waals surface area contributed by atoms with Crippen LogP contribution in [0.3, 0.4) is 0 Å². The molecule has 0 atom stereocenters. The van der Waals surface area contributed by atoms with Crippen molar-refractivity contribution in [3.05, 3.63) is 45.5 Å². The molecule has 2 heterocycles. The lowest BCUT2D eigenvalue weighted by Crippen LogP contribution is -2.00. The van der Waals surface area contributed by atoms with E-state index in [9.17, 15) is 0 Å². The highest BCUT2D eigenvalue weighted by atomic mass is 79.9. The van der Waals surface area contributed by atoms with Gasteiger partial charge in [-0.1, -0.05) is 0 Å². The van der Waals surface area contributed by atoms with Gasteiger partial charge in [0.15, 0.2) is 0 Å². The van der Waals surface area contributed by atoms with E-state index in [1.807, 2.05) is 6.07 Å². The predicted molar refractivity (Wildman–Crippen MR) is 68.0 cm³/mol. The van der Waals surface area contributed by atoms with Crippen molar-refractivity contribution in [1.29, 1.82) is 5.26 Å². The molecule has 0 saturated carbocycles. The van der Waals surface area contributed by atoms with Gasteiger partial charge in [0.05, 0.1) is 10.0 Å². The molecule has 2 rings (SSSR count). The largest absolute Gasteiger partial charge is 0.472 e. The minimum absolute atomic E-state index is 0.108. The number of halogens is 2. The molecule has 0 saturated heterocycles. The minimum Gasteiger partial charge on any atom is -0.472 e. The lowest BCUT2D eigenvalue weighted by atomic mass is 10.2. The lowest BCUT2D eigenvalue weighted by Gasteiger charge is -2.06. The summed E-state index contributed by atoms with van der Waals surface area (Å²) in [5.41, 5.74) is 1.26. The van der Waals surface area contributed by atoms with Crippen LogP contribution in [0.25, 0.3) is 0 Å². The Hall–Kier alpha value is -1.71. The number of pyridine rings is 1. The van der Waals surface area contributed by atoms with Gasteiger partial charge in [-0.05, 0) is 33.6 Å². The van der Waals surface area contributed by atoms with E-state index in [1.165, 1.54) is 12.4 Å². The van der Waals surface area contributed by atoms with Gasteiger partial charge in [0, 0.05) is 24.2 Å². The van der Waals surface area contributed by atoms with Crippen LogP contribution in [0.15, 0.2) is 29.1 Å². The van der Waals surface area contributed by atoms with Crippen LogP contribution in [0.5, 0.6) is 5.88 Å². The first-order valence-electron chi connectivity index (χ1n) is 4.84. The Bertz CT molecular complexity index is 614. The molecule has 0 fully saturated rings. The molecule has 0 aliphatic carbocycles. The highest BCUT2D eigenvalue weighted by Gasteiger charge is 2.06. The third-order valence-corrected chi connectivity index (χ3v) is 2.71. The molecule has 0 unspecified atom stereocenters. The van der Waals surface area contributed by atoms with Crippen molar-refractivity contribution >= 4 is 27.5 Å². The summed E-state index contributed by atoms with van der Waals surface area (Å²) in [6, 6.07) is 3.71. The van der Waals surface area contributed by atoms with Gasteiger partial charge < -0.3 is 4.74 Å². The minimum atomic E-state index is 0.108. The van der Waals surface area contributed by atoms with Crippen LogP contribution in [0.2, 0.25) is 5.28 Å². The summed E-state index contributed by atoms with van der Waals surface area (Å²) >= 11 is 8.92. The van der Waals surface area contributed by atoms with Gasteiger partial charge in [-0.25, -0.2) is 4.98 Å². The van der Waals surface area contributed by atoms with Crippen molar-refractivity contribution in [2.75, 3.05) is 0 Å². The van der Waals surface area contributed by atoms with Crippen LogP contribution in [0.4, 0.5) is 0 Å². The first kappa shape index (κ1) is 12.7. The summed E-state index contributed by atoms with van der Waals surface area (Å²) in [6.07, 6.45) is 4.62. The molecule has 5 nitrogen and oxygen atoms in total. The van der Waals surface area contributed by atoms with E-state index in [0.29, 0.717) is 15.9 Å². The lowest BCUT2D eigenvalue weighted by molar-refractivity contribution is 0.290. The molecule has 2 aromatic rings. The highest BCUT2D eigenvalue weighted by molar-refractivity contribution is 9.10. The first-order valence-corrected chi connectivity index (χ1v) is 6.01. The molecule has 0 aliphatic heterocycles. The summed E-state index contributed by atoms with van der Waals surface area (Å²) in [7, 11) is 0. The van der Waals surface area contributed by atoms with Crippen LogP contribution in [-0.4, -0.2) is 15.0 Å². The summed E-state index contributed by atoms with van der Waals surface area (Å²) in [5.74, 6) is 0.345. The molecular formula is C11H6BrClN4O. The number of aromatic nitrogens is 3. The monoisotopic (exact) mass is 324 g/mol. The Morgan fingerprint density at radius 1 is 1.39 bits per heavy atom. The van der Waals surface area contributed by atoms with Gasteiger partial charge in [-0.15, -0.1) is 0 Å². The maximum Gasteiger partial charge on any atom is 0.232 e. The van der Waals surface area contributed by atoms with Gasteiger partial charge in [-0.3, -0.25) is 4.98 Å². The summed E-state index contributed by atoms with van der Waals surface area (Å²) < 4.78 is 6.08. The van der Waals surface area contributed by atoms with E-state index in [4.69, 9.17) is 21.6 Å². The number of ether oxygens (including phenoxy) is 1. The average molecular weight is 326 g/mol. The van der Waals surface area contributed by atoms with Crippen molar-refractivity contribution < 1.29 is 4.74 Å². The quantitative estimate of drug-likeness (QED) is 0.811. The van der Waals surface area contributed by atoms with E-state index < -0.39 is 0 Å². The molecule has 18 heavy (non-hydrogen) atoms. The van der Waals surface area contributed by atoms with Gasteiger partial charge >= 0.3 is 0 Å². The standard InChI is InChI=1S/C11H6BrClN4O/c12-9-5-16-11(13)17-10(9)18-6-8-1-7(2-14)3-15-4-8/h1,3-5H,6H2. The van der Waals surface area contributed by atoms with Crippen molar-refractivity contribution in [3.8, 4) is 11.9 Å². The SMILES string of the molecule is N#Cc1cncc(COc2nc(Cl)ncc2Br)c1. The summed E-state index contributed by atoms with van der Waals surface area (Å²) in [6.45, 7) is 0.245. The molecular weight excluding hydrogens is 320 g/mol. The Balaban J connectivity index is 2.11. The fourth-order valence-corrected chi connectivity index (χ4v) is 1.64. The van der Waals surface area contributed by atoms with Crippen LogP contribution in [-0.2, 0) is 6.61 Å². The Morgan fingerprint density at radius 3 is 3.00 bits per heavy atom. The van der Waals surface area contributed by atoms with E-state index in [0.717, 1.165) is 5.56 Å². The van der Waals surface area contributed by atoms with Crippen LogP contribution < -0.4 is 4.74 Å². The maximum absolute atomic E-state index is 8.75. The molecule has 0 bridgehead atoms. The third kappa shape index (κ3) is 3.15. The van der Waals surface area contributed by atoms with Crippen LogP contribution in [0.1, 0.15) is 11.1 Å². The fourth-order valence-electron chi connectivity index (χ4n) is 1.21. The smallest absolute Gasteiger partial charge is 0.232 e. The molecule has 0 N–H and O–H groups in total. The van der Waals surface area contributed by atoms with Gasteiger partial charge in [0.25, 0.3) is 0 Å². The number of hydrogen-bond acceptors (Lipinski definition) is 5. The molecule has 0 amide bonds. The second kappa shape index (κ2) is 5.76. The van der Waals surface area contributed by atoms with Crippen molar-refractivity contribution in [1.82, 2.24) is 15.0 Å². The van der Waals surface area contributed by atoms with Crippen LogP contribution >= 0.6 is 27.5 Å². The van der Waals surface area contributed by atoms with Gasteiger partial charge in [0.2, 0.25) is 11.2 Å². The van der Waals surface area contributed by atoms with Crippen molar-refractivity contribution in [2.45, 2.75) is 6.61 Å². The van der Waals surface area contributed by atoms with Crippen molar-refractivity contribution in [3.63, 3.8) is 0 Å². The summed E-state index contributed by atoms with van der Waals surface area (Å²) in [5, 5.41) is 8.86. The number of rotatable bonds is 3. The predicted octanol–water partition coefficient (Wildman–Crippen LogP) is 2.74. The normalized spacial score (nSPS) is 9.83. The fraction of sp³-hybridized carbons (Fsp3) is 0.0909. The topological polar surface area (TPSA) is 71.7 Å². The number of hydrogen-bond donors (Lipinski definition) is 0. The second-order valence-electron chi connectivity index (χ2n) is 3.27. The van der Waals surface area contributed by atoms with Crippen LogP contribution in [0, 0.1) is 11.3 Å². The molecule has 2 aromatic heterocycles. The van der Waals surface area contributed by atoms with E-state index >= 15 is 0 Å². The van der Waals surface area contributed by atoms with E-state index in [2.05, 4.69) is 30.9 Å². The second-order valence-corrected chi connectivity index (χ2v) is 4.47. The maximum atomic E-state index is 8.75. The van der Waals surface area contributed by atoms with Crippen molar-refractivity contribution in [2.24, 2.45) is 0 Å². The average Bonchev–Trinajstić information content (AvgIpc) is 2.40. The third-order valence-electron chi connectivity index (χ3n) is 1.98. The van der Waals surface area contributed by atoms with E-state index in [-0.39, 0.29) is 11.9 Å². The van der Waals surface area contributed by atoms with E-state index in [1.54, 1.807) is 12.3 Å². The Labute approximate surface area is 117 Å². The molecule has 0 aliphatic rings. The molecule has 90 valence electrons. The molecule has 0 radical (unpaired) electrons. The molecule has 0 aromatic carbocycles. The Kier molecular flexibility index (Phi) is 4.07. The zero-order valence-corrected chi connectivity index (χ0v) is 11.3. The highest BCUT2D eigenvalue weighted by Crippen LogP contribution is 2.23. The van der Waals surface area contributed by atoms with Gasteiger partial charge in [-0.2, -0.15) is 10.2 Å². The Morgan fingerprint density at radius 2 is 2.22 bits per heavy atom. The number of nitriles is 1. The number of nitrogens with zero attached hydrogens (tertiary/aromatic N) is 4. The molecule has 0 spiro atoms. The first-order chi connectivity index (χ1) is 8.69. The molecule has 7 heteroatoms. The summed E-state index contributed by atoms with van der Waals surface area (Å²) in [4.78, 5) is 11.7.